The minimum absolute atomic E-state index is 0.176. The molecule has 0 fully saturated rings. The summed E-state index contributed by atoms with van der Waals surface area (Å²) in [6, 6.07) is 3.28. The number of benzene rings is 1. The van der Waals surface area contributed by atoms with Crippen molar-refractivity contribution in [2.45, 2.75) is 26.3 Å². The Hall–Kier alpha value is -0.640. The molecule has 1 aliphatic heterocycles. The third-order valence-corrected chi connectivity index (χ3v) is 3.63. The van der Waals surface area contributed by atoms with E-state index in [2.05, 4.69) is 0 Å². The van der Waals surface area contributed by atoms with Crippen LogP contribution in [0, 0.1) is 0 Å². The second kappa shape index (κ2) is 3.94. The zero-order valence-corrected chi connectivity index (χ0v) is 12.0. The maximum Gasteiger partial charge on any atom is 0.261 e. The van der Waals surface area contributed by atoms with E-state index in [-0.39, 0.29) is 11.4 Å². The van der Waals surface area contributed by atoms with E-state index in [0.717, 1.165) is 0 Å². The molecular weight excluding hydrogens is 277 g/mol. The molecule has 0 aliphatic carbocycles. The van der Waals surface area contributed by atoms with Gasteiger partial charge >= 0.3 is 0 Å². The maximum atomic E-state index is 12.3. The van der Waals surface area contributed by atoms with Crippen LogP contribution in [0.2, 0.25) is 10.0 Å². The molecule has 5 heteroatoms. The number of halogens is 2. The highest BCUT2D eigenvalue weighted by atomic mass is 35.5. The van der Waals surface area contributed by atoms with Crippen LogP contribution in [0.25, 0.3) is 0 Å². The predicted molar refractivity (Wildman–Crippen MR) is 74.1 cm³/mol. The molecule has 0 N–H and O–H groups in total. The van der Waals surface area contributed by atoms with E-state index < -0.39 is 0 Å². The Morgan fingerprint density at radius 1 is 1.12 bits per heavy atom. The molecule has 0 saturated heterocycles. The Kier molecular flexibility index (Phi) is 2.97. The molecule has 1 heterocycles. The third-order valence-electron chi connectivity index (χ3n) is 2.61. The van der Waals surface area contributed by atoms with Gasteiger partial charge in [-0.1, -0.05) is 35.4 Å². The van der Waals surface area contributed by atoms with E-state index in [1.807, 2.05) is 20.8 Å². The van der Waals surface area contributed by atoms with Gasteiger partial charge in [0.25, 0.3) is 5.91 Å². The van der Waals surface area contributed by atoms with Gasteiger partial charge in [0, 0.05) is 11.1 Å². The smallest absolute Gasteiger partial charge is 0.261 e. The molecule has 0 spiro atoms. The van der Waals surface area contributed by atoms with Crippen molar-refractivity contribution in [1.82, 2.24) is 4.90 Å². The summed E-state index contributed by atoms with van der Waals surface area (Å²) in [4.78, 5) is 14.3. The van der Waals surface area contributed by atoms with Crippen molar-refractivity contribution in [3.05, 3.63) is 33.3 Å². The van der Waals surface area contributed by atoms with Gasteiger partial charge in [-0.3, -0.25) is 9.69 Å². The Morgan fingerprint density at radius 2 is 1.59 bits per heavy atom. The van der Waals surface area contributed by atoms with Gasteiger partial charge in [0.15, 0.2) is 0 Å². The van der Waals surface area contributed by atoms with E-state index >= 15 is 0 Å². The first kappa shape index (κ1) is 12.8. The highest BCUT2D eigenvalue weighted by Gasteiger charge is 2.41. The van der Waals surface area contributed by atoms with Crippen LogP contribution >= 0.6 is 35.4 Å². The Balaban J connectivity index is 2.69. The molecule has 0 atom stereocenters. The summed E-state index contributed by atoms with van der Waals surface area (Å²) in [6.07, 6.45) is 0. The SMILES string of the molecule is CC(C)(C)N1C(=O)c2c(Cl)ccc(Cl)c2C1=S. The molecular formula is C12H11Cl2NOS. The fourth-order valence-corrected chi connectivity index (χ4v) is 3.01. The lowest BCUT2D eigenvalue weighted by Crippen LogP contribution is -2.44. The van der Waals surface area contributed by atoms with Crippen LogP contribution in [0.5, 0.6) is 0 Å². The molecule has 2 nitrogen and oxygen atoms in total. The van der Waals surface area contributed by atoms with Gasteiger partial charge in [0.05, 0.1) is 15.6 Å². The number of amides is 1. The van der Waals surface area contributed by atoms with Gasteiger partial charge < -0.3 is 0 Å². The Morgan fingerprint density at radius 3 is 2.00 bits per heavy atom. The summed E-state index contributed by atoms with van der Waals surface area (Å²) in [7, 11) is 0. The van der Waals surface area contributed by atoms with Crippen molar-refractivity contribution >= 4 is 46.3 Å². The molecule has 0 aromatic heterocycles. The molecule has 90 valence electrons. The minimum Gasteiger partial charge on any atom is -0.293 e. The number of carbonyl (C=O) groups excluding carboxylic acids is 1. The largest absolute Gasteiger partial charge is 0.293 e. The summed E-state index contributed by atoms with van der Waals surface area (Å²) in [5.41, 5.74) is 0.605. The lowest BCUT2D eigenvalue weighted by atomic mass is 10.1. The van der Waals surface area contributed by atoms with E-state index in [0.29, 0.717) is 26.2 Å². The van der Waals surface area contributed by atoms with E-state index in [9.17, 15) is 4.79 Å². The fourth-order valence-electron chi connectivity index (χ4n) is 1.90. The number of nitrogens with zero attached hydrogens (tertiary/aromatic N) is 1. The summed E-state index contributed by atoms with van der Waals surface area (Å²) in [5, 5.41) is 0.859. The number of hydrogen-bond donors (Lipinski definition) is 0. The first-order chi connectivity index (χ1) is 7.75. The summed E-state index contributed by atoms with van der Waals surface area (Å²) >= 11 is 17.5. The van der Waals surface area contributed by atoms with Crippen molar-refractivity contribution in [2.24, 2.45) is 0 Å². The monoisotopic (exact) mass is 287 g/mol. The highest BCUT2D eigenvalue weighted by molar-refractivity contribution is 7.80. The summed E-state index contributed by atoms with van der Waals surface area (Å²) < 4.78 is 0. The topological polar surface area (TPSA) is 20.3 Å². The fraction of sp³-hybridized carbons (Fsp3) is 0.333. The van der Waals surface area contributed by atoms with Crippen LogP contribution in [-0.4, -0.2) is 21.3 Å². The molecule has 1 amide bonds. The van der Waals surface area contributed by atoms with Gasteiger partial charge in [0.1, 0.15) is 4.99 Å². The number of thiocarbonyl (C=S) groups is 1. The second-order valence-corrected chi connectivity index (χ2v) is 6.10. The first-order valence-electron chi connectivity index (χ1n) is 5.12. The third kappa shape index (κ3) is 1.86. The van der Waals surface area contributed by atoms with Crippen LogP contribution in [0.4, 0.5) is 0 Å². The number of carbonyl (C=O) groups is 1. The number of hydrogen-bond acceptors (Lipinski definition) is 2. The normalized spacial score (nSPS) is 15.5. The zero-order valence-electron chi connectivity index (χ0n) is 9.67. The molecule has 17 heavy (non-hydrogen) atoms. The molecule has 1 aromatic carbocycles. The summed E-state index contributed by atoms with van der Waals surface area (Å²) in [6.45, 7) is 5.76. The van der Waals surface area contributed by atoms with Crippen LogP contribution in [-0.2, 0) is 0 Å². The van der Waals surface area contributed by atoms with E-state index in [1.165, 1.54) is 0 Å². The van der Waals surface area contributed by atoms with Crippen LogP contribution in [0.15, 0.2) is 12.1 Å². The van der Waals surface area contributed by atoms with E-state index in [4.69, 9.17) is 35.4 Å². The van der Waals surface area contributed by atoms with Crippen LogP contribution < -0.4 is 0 Å². The molecule has 0 radical (unpaired) electrons. The molecule has 1 aromatic rings. The molecule has 0 bridgehead atoms. The van der Waals surface area contributed by atoms with Crippen molar-refractivity contribution in [3.63, 3.8) is 0 Å². The molecule has 2 rings (SSSR count). The van der Waals surface area contributed by atoms with Gasteiger partial charge in [-0.2, -0.15) is 0 Å². The standard InChI is InChI=1S/C12H11Cl2NOS/c1-12(2,3)15-10(16)8-6(13)4-5-7(14)9(8)11(15)17/h4-5H,1-3H3. The van der Waals surface area contributed by atoms with E-state index in [1.54, 1.807) is 17.0 Å². The van der Waals surface area contributed by atoms with Gasteiger partial charge in [-0.25, -0.2) is 0 Å². The average Bonchev–Trinajstić information content (AvgIpc) is 2.45. The van der Waals surface area contributed by atoms with Crippen molar-refractivity contribution in [2.75, 3.05) is 0 Å². The second-order valence-electron chi connectivity index (χ2n) is 4.90. The van der Waals surface area contributed by atoms with Crippen LogP contribution in [0.1, 0.15) is 36.7 Å². The van der Waals surface area contributed by atoms with Gasteiger partial charge in [0.2, 0.25) is 0 Å². The van der Waals surface area contributed by atoms with Crippen molar-refractivity contribution in [1.29, 1.82) is 0 Å². The first-order valence-corrected chi connectivity index (χ1v) is 6.28. The van der Waals surface area contributed by atoms with Gasteiger partial charge in [-0.05, 0) is 32.9 Å². The number of rotatable bonds is 0. The number of fused-ring (bicyclic) bond motifs is 1. The van der Waals surface area contributed by atoms with Crippen LogP contribution in [0.3, 0.4) is 0 Å². The predicted octanol–water partition coefficient (Wildman–Crippen LogP) is 3.92. The van der Waals surface area contributed by atoms with Gasteiger partial charge in [-0.15, -0.1) is 0 Å². The maximum absolute atomic E-state index is 12.3. The summed E-state index contributed by atoms with van der Waals surface area (Å²) in [5.74, 6) is -0.176. The minimum atomic E-state index is -0.389. The van der Waals surface area contributed by atoms with Crippen molar-refractivity contribution in [3.8, 4) is 0 Å². The molecule has 0 saturated carbocycles. The lowest BCUT2D eigenvalue weighted by Gasteiger charge is -2.31. The highest BCUT2D eigenvalue weighted by Crippen LogP contribution is 2.37. The average molecular weight is 288 g/mol. The molecule has 1 aliphatic rings. The zero-order chi connectivity index (χ0) is 13.0. The quantitative estimate of drug-likeness (QED) is 0.674. The lowest BCUT2D eigenvalue weighted by molar-refractivity contribution is 0.0770. The molecule has 0 unspecified atom stereocenters. The Bertz CT molecular complexity index is 493. The Labute approximate surface area is 116 Å². The van der Waals surface area contributed by atoms with Crippen molar-refractivity contribution < 1.29 is 4.79 Å².